The van der Waals surface area contributed by atoms with Crippen molar-refractivity contribution in [2.24, 2.45) is 23.2 Å². The SMILES string of the molecule is C[C@@H]1C(=O)O[C@H]2[C@H]1CC[C@@]1(C)[C@H](O)C[C@H]3O[C@@]3(C)[C@H]21. The molecular formula is C15H22O4. The molecule has 4 nitrogen and oxygen atoms in total. The molecule has 1 N–H and O–H groups in total. The Labute approximate surface area is 113 Å². The summed E-state index contributed by atoms with van der Waals surface area (Å²) in [5.41, 5.74) is -0.366. The second-order valence-corrected chi connectivity index (χ2v) is 7.42. The van der Waals surface area contributed by atoms with E-state index in [9.17, 15) is 9.90 Å². The summed E-state index contributed by atoms with van der Waals surface area (Å²) in [5, 5.41) is 10.5. The highest BCUT2D eigenvalue weighted by Gasteiger charge is 2.73. The fourth-order valence-electron chi connectivity index (χ4n) is 5.18. The molecule has 4 fully saturated rings. The summed E-state index contributed by atoms with van der Waals surface area (Å²) in [6, 6.07) is 0. The lowest BCUT2D eigenvalue weighted by molar-refractivity contribution is -0.161. The van der Waals surface area contributed by atoms with Gasteiger partial charge in [0.05, 0.1) is 23.7 Å². The van der Waals surface area contributed by atoms with Crippen LogP contribution in [0.2, 0.25) is 0 Å². The Balaban J connectivity index is 1.76. The van der Waals surface area contributed by atoms with Crippen LogP contribution >= 0.6 is 0 Å². The summed E-state index contributed by atoms with van der Waals surface area (Å²) < 4.78 is 11.6. The van der Waals surface area contributed by atoms with Gasteiger partial charge in [0.25, 0.3) is 0 Å². The summed E-state index contributed by atoms with van der Waals surface area (Å²) >= 11 is 0. The molecule has 8 atom stereocenters. The van der Waals surface area contributed by atoms with Crippen LogP contribution in [0.3, 0.4) is 0 Å². The van der Waals surface area contributed by atoms with Crippen molar-refractivity contribution in [3.05, 3.63) is 0 Å². The highest BCUT2D eigenvalue weighted by molar-refractivity contribution is 5.75. The van der Waals surface area contributed by atoms with Crippen molar-refractivity contribution >= 4 is 5.97 Å². The summed E-state index contributed by atoms with van der Waals surface area (Å²) in [5.74, 6) is 0.369. The Morgan fingerprint density at radius 1 is 1.37 bits per heavy atom. The Morgan fingerprint density at radius 3 is 2.84 bits per heavy atom. The van der Waals surface area contributed by atoms with E-state index in [-0.39, 0.29) is 47.1 Å². The van der Waals surface area contributed by atoms with Crippen LogP contribution in [0.5, 0.6) is 0 Å². The zero-order chi connectivity index (χ0) is 13.6. The van der Waals surface area contributed by atoms with Gasteiger partial charge in [-0.2, -0.15) is 0 Å². The zero-order valence-corrected chi connectivity index (χ0v) is 11.8. The molecule has 0 spiro atoms. The third-order valence-electron chi connectivity index (χ3n) is 6.54. The molecule has 106 valence electrons. The first-order chi connectivity index (χ1) is 8.88. The van der Waals surface area contributed by atoms with Gasteiger partial charge >= 0.3 is 5.97 Å². The molecule has 0 amide bonds. The summed E-state index contributed by atoms with van der Waals surface area (Å²) in [6.07, 6.45) is 2.41. The van der Waals surface area contributed by atoms with E-state index < -0.39 is 0 Å². The maximum atomic E-state index is 11.9. The molecule has 0 aromatic heterocycles. The van der Waals surface area contributed by atoms with Crippen molar-refractivity contribution in [1.29, 1.82) is 0 Å². The Kier molecular flexibility index (Phi) is 2.14. The molecule has 0 bridgehead atoms. The summed E-state index contributed by atoms with van der Waals surface area (Å²) in [7, 11) is 0. The van der Waals surface area contributed by atoms with Crippen molar-refractivity contribution in [2.45, 2.75) is 63.9 Å². The van der Waals surface area contributed by atoms with Gasteiger partial charge in [-0.15, -0.1) is 0 Å². The smallest absolute Gasteiger partial charge is 0.309 e. The van der Waals surface area contributed by atoms with Crippen molar-refractivity contribution in [3.63, 3.8) is 0 Å². The lowest BCUT2D eigenvalue weighted by Crippen LogP contribution is -2.59. The van der Waals surface area contributed by atoms with Gasteiger partial charge in [-0.3, -0.25) is 4.79 Å². The minimum atomic E-state index is -0.339. The number of hydrogen-bond acceptors (Lipinski definition) is 4. The molecule has 2 saturated carbocycles. The predicted octanol–water partition coefficient (Wildman–Crippen LogP) is 1.50. The van der Waals surface area contributed by atoms with Gasteiger partial charge in [0.1, 0.15) is 6.10 Å². The van der Waals surface area contributed by atoms with Gasteiger partial charge in [-0.05, 0) is 19.8 Å². The number of rotatable bonds is 0. The number of fused-ring (bicyclic) bond motifs is 5. The van der Waals surface area contributed by atoms with Gasteiger partial charge in [-0.1, -0.05) is 13.8 Å². The first kappa shape index (κ1) is 12.2. The van der Waals surface area contributed by atoms with Gasteiger partial charge in [0, 0.05) is 23.7 Å². The maximum absolute atomic E-state index is 11.9. The van der Waals surface area contributed by atoms with Crippen LogP contribution in [0, 0.1) is 23.2 Å². The highest BCUT2D eigenvalue weighted by atomic mass is 16.6. The Hall–Kier alpha value is -0.610. The van der Waals surface area contributed by atoms with E-state index in [2.05, 4.69) is 13.8 Å². The quantitative estimate of drug-likeness (QED) is 0.533. The molecule has 4 aliphatic rings. The maximum Gasteiger partial charge on any atom is 0.309 e. The largest absolute Gasteiger partial charge is 0.461 e. The van der Waals surface area contributed by atoms with Crippen LogP contribution in [0.15, 0.2) is 0 Å². The predicted molar refractivity (Wildman–Crippen MR) is 67.3 cm³/mol. The number of carbonyl (C=O) groups is 1. The summed E-state index contributed by atoms with van der Waals surface area (Å²) in [6.45, 7) is 6.26. The van der Waals surface area contributed by atoms with Crippen LogP contribution < -0.4 is 0 Å². The molecule has 0 unspecified atom stereocenters. The fraction of sp³-hybridized carbons (Fsp3) is 0.933. The molecule has 4 rings (SSSR count). The number of hydrogen-bond donors (Lipinski definition) is 1. The van der Waals surface area contributed by atoms with Crippen molar-refractivity contribution in [2.75, 3.05) is 0 Å². The standard InChI is InChI=1S/C15H22O4/c1-7-8-4-5-14(2)9(16)6-10-15(3,19-10)12(14)11(8)18-13(7)17/h7-12,16H,4-6H2,1-3H3/t7-,8-,9+,10+,11-,12+,14-,15+/m0/s1. The number of esters is 1. The minimum Gasteiger partial charge on any atom is -0.461 e. The molecule has 0 aromatic rings. The average Bonchev–Trinajstić information content (AvgIpc) is 2.90. The monoisotopic (exact) mass is 266 g/mol. The topological polar surface area (TPSA) is 59.1 Å². The van der Waals surface area contributed by atoms with Crippen molar-refractivity contribution in [1.82, 2.24) is 0 Å². The fourth-order valence-corrected chi connectivity index (χ4v) is 5.18. The molecule has 2 heterocycles. The lowest BCUT2D eigenvalue weighted by atomic mass is 9.52. The number of aliphatic hydroxyl groups excluding tert-OH is 1. The first-order valence-electron chi connectivity index (χ1n) is 7.44. The number of aliphatic hydroxyl groups is 1. The summed E-state index contributed by atoms with van der Waals surface area (Å²) in [4.78, 5) is 11.9. The Morgan fingerprint density at radius 2 is 2.11 bits per heavy atom. The van der Waals surface area contributed by atoms with Gasteiger partial charge in [-0.25, -0.2) is 0 Å². The second-order valence-electron chi connectivity index (χ2n) is 7.42. The molecule has 2 aliphatic carbocycles. The van der Waals surface area contributed by atoms with E-state index in [1.165, 1.54) is 0 Å². The minimum absolute atomic E-state index is 0.00517. The third-order valence-corrected chi connectivity index (χ3v) is 6.54. The number of epoxide rings is 1. The van der Waals surface area contributed by atoms with Crippen LogP contribution in [-0.2, 0) is 14.3 Å². The molecule has 4 heteroatoms. The molecule has 2 aliphatic heterocycles. The third kappa shape index (κ3) is 1.30. The first-order valence-corrected chi connectivity index (χ1v) is 7.44. The van der Waals surface area contributed by atoms with Crippen molar-refractivity contribution in [3.8, 4) is 0 Å². The van der Waals surface area contributed by atoms with Crippen LogP contribution in [0.25, 0.3) is 0 Å². The van der Waals surface area contributed by atoms with E-state index >= 15 is 0 Å². The number of ether oxygens (including phenoxy) is 2. The normalized spacial score (nSPS) is 62.8. The van der Waals surface area contributed by atoms with E-state index in [0.717, 1.165) is 19.3 Å². The second kappa shape index (κ2) is 3.34. The van der Waals surface area contributed by atoms with Crippen molar-refractivity contribution < 1.29 is 19.4 Å². The van der Waals surface area contributed by atoms with E-state index in [4.69, 9.17) is 9.47 Å². The van der Waals surface area contributed by atoms with Crippen LogP contribution in [-0.4, -0.2) is 35.0 Å². The van der Waals surface area contributed by atoms with Gasteiger partial charge in [0.15, 0.2) is 0 Å². The average molecular weight is 266 g/mol. The van der Waals surface area contributed by atoms with Gasteiger partial charge < -0.3 is 14.6 Å². The highest BCUT2D eigenvalue weighted by Crippen LogP contribution is 2.65. The van der Waals surface area contributed by atoms with E-state index in [1.54, 1.807) is 0 Å². The molecule has 0 radical (unpaired) electrons. The van der Waals surface area contributed by atoms with E-state index in [0.29, 0.717) is 5.92 Å². The van der Waals surface area contributed by atoms with Gasteiger partial charge in [0.2, 0.25) is 0 Å². The van der Waals surface area contributed by atoms with E-state index in [1.807, 2.05) is 6.92 Å². The molecular weight excluding hydrogens is 244 g/mol. The lowest BCUT2D eigenvalue weighted by Gasteiger charge is -2.52. The molecule has 19 heavy (non-hydrogen) atoms. The van der Waals surface area contributed by atoms with Crippen LogP contribution in [0.1, 0.15) is 40.0 Å². The zero-order valence-electron chi connectivity index (χ0n) is 11.8. The number of carbonyl (C=O) groups excluding carboxylic acids is 1. The Bertz CT molecular complexity index is 449. The molecule has 0 aromatic carbocycles. The molecule has 2 saturated heterocycles. The van der Waals surface area contributed by atoms with Crippen LogP contribution in [0.4, 0.5) is 0 Å².